The van der Waals surface area contributed by atoms with E-state index >= 15 is 0 Å². The van der Waals surface area contributed by atoms with Crippen LogP contribution in [0.2, 0.25) is 0 Å². The highest BCUT2D eigenvalue weighted by Gasteiger charge is 2.08. The number of carbonyl (C=O) groups excluding carboxylic acids is 1. The van der Waals surface area contributed by atoms with E-state index in [4.69, 9.17) is 17.7 Å². The third-order valence-electron chi connectivity index (χ3n) is 1.37. The molecule has 0 saturated heterocycles. The van der Waals surface area contributed by atoms with E-state index in [0.717, 1.165) is 3.57 Å². The SMILES string of the molecule is CCOC(=O)c1ccccc1I.O=S(=O)(O)Cl. The number of hydrogen-bond acceptors (Lipinski definition) is 4. The summed E-state index contributed by atoms with van der Waals surface area (Å²) in [4.78, 5) is 11.2. The van der Waals surface area contributed by atoms with Crippen LogP contribution in [0.25, 0.3) is 0 Å². The quantitative estimate of drug-likeness (QED) is 0.362. The fraction of sp³-hybridized carbons (Fsp3) is 0.222. The van der Waals surface area contributed by atoms with Crippen LogP contribution in [0.3, 0.4) is 0 Å². The first-order valence-corrected chi connectivity index (χ1v) is 7.69. The van der Waals surface area contributed by atoms with Gasteiger partial charge in [-0.05, 0) is 41.6 Å². The van der Waals surface area contributed by atoms with Gasteiger partial charge < -0.3 is 4.74 Å². The normalized spacial score (nSPS) is 10.1. The summed E-state index contributed by atoms with van der Waals surface area (Å²) in [6, 6.07) is 7.37. The molecule has 0 bridgehead atoms. The number of rotatable bonds is 2. The number of carbonyl (C=O) groups is 1. The summed E-state index contributed by atoms with van der Waals surface area (Å²) >= 11 is 2.11. The van der Waals surface area contributed by atoms with Crippen molar-refractivity contribution in [2.45, 2.75) is 6.92 Å². The van der Waals surface area contributed by atoms with Crippen molar-refractivity contribution in [3.8, 4) is 0 Å². The Balaban J connectivity index is 0.000000437. The Morgan fingerprint density at radius 1 is 1.47 bits per heavy atom. The molecule has 1 rings (SSSR count). The van der Waals surface area contributed by atoms with Gasteiger partial charge in [-0.2, -0.15) is 8.42 Å². The van der Waals surface area contributed by atoms with Crippen molar-refractivity contribution in [2.24, 2.45) is 0 Å². The van der Waals surface area contributed by atoms with Crippen LogP contribution in [0.15, 0.2) is 24.3 Å². The topological polar surface area (TPSA) is 80.7 Å². The Labute approximate surface area is 118 Å². The van der Waals surface area contributed by atoms with Gasteiger partial charge in [0.05, 0.1) is 12.2 Å². The lowest BCUT2D eigenvalue weighted by molar-refractivity contribution is 0.0525. The van der Waals surface area contributed by atoms with Gasteiger partial charge in [-0.3, -0.25) is 4.55 Å². The largest absolute Gasteiger partial charge is 0.462 e. The summed E-state index contributed by atoms with van der Waals surface area (Å²) in [5, 5.41) is 0. The van der Waals surface area contributed by atoms with Crippen LogP contribution in [0.1, 0.15) is 17.3 Å². The molecule has 0 aliphatic carbocycles. The molecule has 1 aromatic rings. The maximum Gasteiger partial charge on any atom is 0.353 e. The number of esters is 1. The van der Waals surface area contributed by atoms with Crippen molar-refractivity contribution >= 4 is 48.6 Å². The van der Waals surface area contributed by atoms with E-state index in [1.54, 1.807) is 13.0 Å². The molecule has 96 valence electrons. The van der Waals surface area contributed by atoms with Crippen LogP contribution in [0.4, 0.5) is 0 Å². The number of ether oxygens (including phenoxy) is 1. The minimum absolute atomic E-state index is 0.248. The molecule has 1 N–H and O–H groups in total. The van der Waals surface area contributed by atoms with Gasteiger partial charge in [-0.15, -0.1) is 0 Å². The lowest BCUT2D eigenvalue weighted by Crippen LogP contribution is -2.06. The summed E-state index contributed by atoms with van der Waals surface area (Å²) in [6.07, 6.45) is 0. The molecule has 0 fully saturated rings. The highest BCUT2D eigenvalue weighted by molar-refractivity contribution is 14.1. The Bertz CT molecular complexity index is 466. The molecule has 0 unspecified atom stereocenters. The zero-order chi connectivity index (χ0) is 13.5. The maximum absolute atomic E-state index is 11.2. The fourth-order valence-electron chi connectivity index (χ4n) is 0.836. The lowest BCUT2D eigenvalue weighted by atomic mass is 10.2. The zero-order valence-electron chi connectivity index (χ0n) is 8.76. The van der Waals surface area contributed by atoms with Crippen LogP contribution < -0.4 is 0 Å². The van der Waals surface area contributed by atoms with E-state index in [1.165, 1.54) is 0 Å². The van der Waals surface area contributed by atoms with Crippen molar-refractivity contribution in [2.75, 3.05) is 6.61 Å². The molecule has 8 heteroatoms. The lowest BCUT2D eigenvalue weighted by Gasteiger charge is -2.02. The van der Waals surface area contributed by atoms with E-state index in [1.807, 2.05) is 18.2 Å². The van der Waals surface area contributed by atoms with Crippen molar-refractivity contribution < 1.29 is 22.5 Å². The van der Waals surface area contributed by atoms with Crippen LogP contribution in [0.5, 0.6) is 0 Å². The number of halogens is 2. The van der Waals surface area contributed by atoms with Gasteiger partial charge in [0.15, 0.2) is 0 Å². The molecule has 1 aromatic carbocycles. The van der Waals surface area contributed by atoms with Crippen molar-refractivity contribution in [1.82, 2.24) is 0 Å². The van der Waals surface area contributed by atoms with Crippen LogP contribution in [-0.2, 0) is 14.1 Å². The van der Waals surface area contributed by atoms with Crippen molar-refractivity contribution in [1.29, 1.82) is 0 Å². The molecule has 0 saturated carbocycles. The first-order valence-electron chi connectivity index (χ1n) is 4.34. The van der Waals surface area contributed by atoms with Crippen LogP contribution in [0, 0.1) is 3.57 Å². The maximum atomic E-state index is 11.2. The average molecular weight is 393 g/mol. The molecule has 0 amide bonds. The average Bonchev–Trinajstić information content (AvgIpc) is 2.16. The minimum Gasteiger partial charge on any atom is -0.462 e. The Morgan fingerprint density at radius 3 is 2.35 bits per heavy atom. The Hall–Kier alpha value is -0.380. The predicted octanol–water partition coefficient (Wildman–Crippen LogP) is 2.50. The van der Waals surface area contributed by atoms with Gasteiger partial charge in [0, 0.05) is 14.3 Å². The van der Waals surface area contributed by atoms with Gasteiger partial charge in [-0.1, -0.05) is 12.1 Å². The molecule has 0 aliphatic rings. The van der Waals surface area contributed by atoms with E-state index in [2.05, 4.69) is 33.3 Å². The third-order valence-corrected chi connectivity index (χ3v) is 2.31. The molecular weight excluding hydrogens is 383 g/mol. The molecule has 0 aromatic heterocycles. The van der Waals surface area contributed by atoms with Crippen molar-refractivity contribution in [3.63, 3.8) is 0 Å². The second-order valence-corrected chi connectivity index (χ2v) is 5.77. The molecule has 0 aliphatic heterocycles. The van der Waals surface area contributed by atoms with Gasteiger partial charge in [0.1, 0.15) is 0 Å². The summed E-state index contributed by atoms with van der Waals surface area (Å²) in [7, 11) is -0.137. The molecule has 0 radical (unpaired) electrons. The monoisotopic (exact) mass is 392 g/mol. The van der Waals surface area contributed by atoms with Gasteiger partial charge >= 0.3 is 15.3 Å². The van der Waals surface area contributed by atoms with Crippen LogP contribution in [-0.4, -0.2) is 25.5 Å². The highest BCUT2D eigenvalue weighted by Crippen LogP contribution is 2.12. The number of benzene rings is 1. The molecule has 0 atom stereocenters. The second-order valence-electron chi connectivity index (χ2n) is 2.61. The van der Waals surface area contributed by atoms with Gasteiger partial charge in [0.25, 0.3) is 0 Å². The highest BCUT2D eigenvalue weighted by atomic mass is 127. The van der Waals surface area contributed by atoms with E-state index < -0.39 is 9.33 Å². The standard InChI is InChI=1S/C9H9IO2.ClHO3S/c1-2-12-9(11)7-5-3-4-6-8(7)10;1-5(2,3)4/h3-6H,2H2,1H3;(H,2,3,4). The van der Waals surface area contributed by atoms with E-state index in [-0.39, 0.29) is 5.97 Å². The summed E-state index contributed by atoms with van der Waals surface area (Å²) in [6.45, 7) is 2.22. The summed E-state index contributed by atoms with van der Waals surface area (Å²) < 4.78 is 31.0. The zero-order valence-corrected chi connectivity index (χ0v) is 12.5. The van der Waals surface area contributed by atoms with Gasteiger partial charge in [0.2, 0.25) is 0 Å². The first kappa shape index (κ1) is 16.6. The minimum atomic E-state index is -4.19. The summed E-state index contributed by atoms with van der Waals surface area (Å²) in [5.74, 6) is -0.248. The van der Waals surface area contributed by atoms with Crippen LogP contribution >= 0.6 is 33.3 Å². The molecule has 0 heterocycles. The predicted molar refractivity (Wildman–Crippen MR) is 72.5 cm³/mol. The van der Waals surface area contributed by atoms with Gasteiger partial charge in [-0.25, -0.2) is 4.79 Å². The molecule has 17 heavy (non-hydrogen) atoms. The Kier molecular flexibility index (Phi) is 7.68. The first-order chi connectivity index (χ1) is 7.75. The smallest absolute Gasteiger partial charge is 0.353 e. The molecule has 0 spiro atoms. The Morgan fingerprint density at radius 2 is 1.94 bits per heavy atom. The van der Waals surface area contributed by atoms with E-state index in [9.17, 15) is 4.79 Å². The third kappa shape index (κ3) is 9.33. The molecular formula is C9H10ClIO5S. The number of hydrogen-bond donors (Lipinski definition) is 1. The van der Waals surface area contributed by atoms with E-state index in [0.29, 0.717) is 12.2 Å². The molecule has 5 nitrogen and oxygen atoms in total. The fourth-order valence-corrected chi connectivity index (χ4v) is 1.44. The van der Waals surface area contributed by atoms with Crippen molar-refractivity contribution in [3.05, 3.63) is 33.4 Å². The second kappa shape index (κ2) is 7.85. The summed E-state index contributed by atoms with van der Waals surface area (Å²) in [5.41, 5.74) is 0.639.